The smallest absolute Gasteiger partial charge is 0.105 e. The van der Waals surface area contributed by atoms with Gasteiger partial charge in [0.1, 0.15) is 5.76 Å². The van der Waals surface area contributed by atoms with Crippen LogP contribution in [-0.4, -0.2) is 6.54 Å². The molecule has 1 atom stereocenters. The van der Waals surface area contributed by atoms with E-state index in [0.717, 1.165) is 12.3 Å². The summed E-state index contributed by atoms with van der Waals surface area (Å²) >= 11 is 0. The van der Waals surface area contributed by atoms with Crippen molar-refractivity contribution in [1.82, 2.24) is 5.32 Å². The van der Waals surface area contributed by atoms with Gasteiger partial charge in [0, 0.05) is 11.6 Å². The van der Waals surface area contributed by atoms with Crippen LogP contribution in [0.3, 0.4) is 0 Å². The van der Waals surface area contributed by atoms with E-state index >= 15 is 0 Å². The van der Waals surface area contributed by atoms with E-state index < -0.39 is 0 Å². The Bertz CT molecular complexity index is 217. The van der Waals surface area contributed by atoms with Crippen LogP contribution in [0.15, 0.2) is 16.7 Å². The second-order valence-electron chi connectivity index (χ2n) is 2.71. The molecule has 0 amide bonds. The summed E-state index contributed by atoms with van der Waals surface area (Å²) in [7, 11) is 0. The molecule has 1 unspecified atom stereocenters. The maximum Gasteiger partial charge on any atom is 0.105 e. The lowest BCUT2D eigenvalue weighted by Crippen LogP contribution is -2.17. The molecule has 0 bridgehead atoms. The highest BCUT2D eigenvalue weighted by Gasteiger charge is 2.07. The van der Waals surface area contributed by atoms with Crippen molar-refractivity contribution in [3.63, 3.8) is 0 Å². The van der Waals surface area contributed by atoms with E-state index in [0.29, 0.717) is 6.04 Å². The van der Waals surface area contributed by atoms with Crippen molar-refractivity contribution in [3.05, 3.63) is 23.7 Å². The molecule has 0 saturated heterocycles. The molecule has 2 nitrogen and oxygen atoms in total. The number of hydrogen-bond donors (Lipinski definition) is 1. The highest BCUT2D eigenvalue weighted by atomic mass is 16.3. The van der Waals surface area contributed by atoms with Crippen LogP contribution in [0.25, 0.3) is 0 Å². The lowest BCUT2D eigenvalue weighted by molar-refractivity contribution is 0.515. The fraction of sp³-hybridized carbons (Fsp3) is 0.556. The lowest BCUT2D eigenvalue weighted by Gasteiger charge is -2.10. The molecule has 2 heteroatoms. The van der Waals surface area contributed by atoms with Crippen LogP contribution in [0.1, 0.15) is 31.2 Å². The fourth-order valence-electron chi connectivity index (χ4n) is 1.26. The number of hydrogen-bond acceptors (Lipinski definition) is 2. The second-order valence-corrected chi connectivity index (χ2v) is 2.71. The van der Waals surface area contributed by atoms with Crippen molar-refractivity contribution in [2.24, 2.45) is 0 Å². The number of nitrogens with one attached hydrogen (secondary N) is 1. The highest BCUT2D eigenvalue weighted by Crippen LogP contribution is 2.17. The molecule has 0 aliphatic heterocycles. The van der Waals surface area contributed by atoms with Gasteiger partial charge in [0.2, 0.25) is 0 Å². The molecule has 62 valence electrons. The Morgan fingerprint density at radius 3 is 2.82 bits per heavy atom. The summed E-state index contributed by atoms with van der Waals surface area (Å²) in [5.41, 5.74) is 1.26. The van der Waals surface area contributed by atoms with E-state index in [1.54, 1.807) is 6.26 Å². The average Bonchev–Trinajstić information content (AvgIpc) is 2.36. The number of aryl methyl sites for hydroxylation is 1. The first kappa shape index (κ1) is 8.34. The van der Waals surface area contributed by atoms with Crippen LogP contribution in [0.4, 0.5) is 0 Å². The lowest BCUT2D eigenvalue weighted by atomic mass is 10.1. The Kier molecular flexibility index (Phi) is 2.71. The normalized spacial score (nSPS) is 13.4. The van der Waals surface area contributed by atoms with Gasteiger partial charge in [-0.2, -0.15) is 0 Å². The third-order valence-electron chi connectivity index (χ3n) is 1.88. The molecule has 11 heavy (non-hydrogen) atoms. The van der Waals surface area contributed by atoms with E-state index in [1.807, 2.05) is 13.0 Å². The third kappa shape index (κ3) is 1.84. The largest absolute Gasteiger partial charge is 0.469 e. The van der Waals surface area contributed by atoms with Gasteiger partial charge in [-0.05, 0) is 26.5 Å². The van der Waals surface area contributed by atoms with Gasteiger partial charge >= 0.3 is 0 Å². The molecule has 0 radical (unpaired) electrons. The Labute approximate surface area is 67.6 Å². The van der Waals surface area contributed by atoms with Crippen molar-refractivity contribution in [1.29, 1.82) is 0 Å². The molecular formula is C9H15NO. The molecule has 0 fully saturated rings. The van der Waals surface area contributed by atoms with Crippen molar-refractivity contribution < 1.29 is 4.42 Å². The summed E-state index contributed by atoms with van der Waals surface area (Å²) in [6.45, 7) is 7.22. The first-order valence-electron chi connectivity index (χ1n) is 4.03. The molecule has 0 spiro atoms. The molecule has 1 heterocycles. The summed E-state index contributed by atoms with van der Waals surface area (Å²) in [5, 5.41) is 3.33. The molecule has 0 aromatic carbocycles. The van der Waals surface area contributed by atoms with Crippen molar-refractivity contribution in [2.75, 3.05) is 6.54 Å². The van der Waals surface area contributed by atoms with E-state index in [1.165, 1.54) is 5.56 Å². The van der Waals surface area contributed by atoms with Gasteiger partial charge in [-0.15, -0.1) is 0 Å². The summed E-state index contributed by atoms with van der Waals surface area (Å²) in [4.78, 5) is 0. The first-order valence-corrected chi connectivity index (χ1v) is 4.03. The third-order valence-corrected chi connectivity index (χ3v) is 1.88. The molecule has 0 saturated carbocycles. The summed E-state index contributed by atoms with van der Waals surface area (Å²) < 4.78 is 5.19. The monoisotopic (exact) mass is 153 g/mol. The van der Waals surface area contributed by atoms with Crippen molar-refractivity contribution >= 4 is 0 Å². The van der Waals surface area contributed by atoms with Crippen LogP contribution >= 0.6 is 0 Å². The van der Waals surface area contributed by atoms with Crippen molar-refractivity contribution in [2.45, 2.75) is 26.8 Å². The van der Waals surface area contributed by atoms with Gasteiger partial charge in [0.15, 0.2) is 0 Å². The van der Waals surface area contributed by atoms with Crippen LogP contribution in [-0.2, 0) is 0 Å². The molecular weight excluding hydrogens is 138 g/mol. The first-order chi connectivity index (χ1) is 5.25. The minimum atomic E-state index is 0.402. The zero-order valence-corrected chi connectivity index (χ0v) is 7.35. The Hall–Kier alpha value is -0.760. The predicted molar refractivity (Wildman–Crippen MR) is 45.5 cm³/mol. The van der Waals surface area contributed by atoms with E-state index in [-0.39, 0.29) is 0 Å². The Balaban J connectivity index is 2.67. The van der Waals surface area contributed by atoms with E-state index in [4.69, 9.17) is 4.42 Å². The van der Waals surface area contributed by atoms with Gasteiger partial charge in [0.25, 0.3) is 0 Å². The molecule has 1 N–H and O–H groups in total. The topological polar surface area (TPSA) is 25.2 Å². The van der Waals surface area contributed by atoms with Gasteiger partial charge in [0.05, 0.1) is 6.26 Å². The molecule has 0 aliphatic carbocycles. The minimum absolute atomic E-state index is 0.402. The fourth-order valence-corrected chi connectivity index (χ4v) is 1.26. The van der Waals surface area contributed by atoms with Gasteiger partial charge in [-0.1, -0.05) is 6.92 Å². The Morgan fingerprint density at radius 2 is 2.36 bits per heavy atom. The quantitative estimate of drug-likeness (QED) is 0.720. The predicted octanol–water partition coefficient (Wildman–Crippen LogP) is 2.26. The van der Waals surface area contributed by atoms with E-state index in [2.05, 4.69) is 19.2 Å². The second kappa shape index (κ2) is 3.58. The molecule has 0 aliphatic rings. The Morgan fingerprint density at radius 1 is 1.64 bits per heavy atom. The summed E-state index contributed by atoms with van der Waals surface area (Å²) in [6.07, 6.45) is 1.73. The highest BCUT2D eigenvalue weighted by molar-refractivity contribution is 5.19. The average molecular weight is 153 g/mol. The molecule has 1 aromatic rings. The van der Waals surface area contributed by atoms with Gasteiger partial charge < -0.3 is 9.73 Å². The summed E-state index contributed by atoms with van der Waals surface area (Å²) in [5.74, 6) is 1.01. The van der Waals surface area contributed by atoms with Crippen LogP contribution in [0.2, 0.25) is 0 Å². The summed E-state index contributed by atoms with van der Waals surface area (Å²) in [6, 6.07) is 2.42. The minimum Gasteiger partial charge on any atom is -0.469 e. The molecule has 1 aromatic heterocycles. The SMILES string of the molecule is CCNC(C)c1ccoc1C. The van der Waals surface area contributed by atoms with Gasteiger partial charge in [-0.25, -0.2) is 0 Å². The van der Waals surface area contributed by atoms with E-state index in [9.17, 15) is 0 Å². The van der Waals surface area contributed by atoms with Crippen molar-refractivity contribution in [3.8, 4) is 0 Å². The zero-order chi connectivity index (χ0) is 8.27. The maximum absolute atomic E-state index is 5.19. The maximum atomic E-state index is 5.19. The number of furan rings is 1. The van der Waals surface area contributed by atoms with Crippen LogP contribution in [0, 0.1) is 6.92 Å². The van der Waals surface area contributed by atoms with Gasteiger partial charge in [-0.3, -0.25) is 0 Å². The number of rotatable bonds is 3. The standard InChI is InChI=1S/C9H15NO/c1-4-10-7(2)9-5-6-11-8(9)3/h5-7,10H,4H2,1-3H3. The van der Waals surface area contributed by atoms with Crippen LogP contribution in [0.5, 0.6) is 0 Å². The van der Waals surface area contributed by atoms with Crippen LogP contribution < -0.4 is 5.32 Å². The zero-order valence-electron chi connectivity index (χ0n) is 7.35. The molecule has 1 rings (SSSR count).